The Morgan fingerprint density at radius 3 is 2.56 bits per heavy atom. The smallest absolute Gasteiger partial charge is 0.331 e. The molecule has 3 N–H and O–H groups in total. The number of rotatable bonds is 2. The molecule has 7 atom stereocenters. The number of hydrogen-bond acceptors (Lipinski definition) is 5. The number of amides is 1. The second kappa shape index (κ2) is 9.16. The summed E-state index contributed by atoms with van der Waals surface area (Å²) in [7, 11) is 0. The molecule has 3 aliphatic rings. The number of nitrogens with one attached hydrogen (secondary N) is 1. The van der Waals surface area contributed by atoms with Crippen molar-refractivity contribution in [3.63, 3.8) is 0 Å². The average Bonchev–Trinajstić information content (AvgIpc) is 3.04. The van der Waals surface area contributed by atoms with Crippen LogP contribution in [0.3, 0.4) is 0 Å². The predicted molar refractivity (Wildman–Crippen MR) is 130 cm³/mol. The molecule has 1 spiro atoms. The summed E-state index contributed by atoms with van der Waals surface area (Å²) in [6.45, 7) is 7.49. The normalized spacial score (nSPS) is 40.2. The van der Waals surface area contributed by atoms with Gasteiger partial charge in [0.2, 0.25) is 5.60 Å². The van der Waals surface area contributed by atoms with Gasteiger partial charge in [0, 0.05) is 12.1 Å². The number of esters is 1. The summed E-state index contributed by atoms with van der Waals surface area (Å²) >= 11 is 0. The highest BCUT2D eigenvalue weighted by atomic mass is 16.6. The lowest BCUT2D eigenvalue weighted by atomic mass is 9.63. The number of benzene rings is 1. The van der Waals surface area contributed by atoms with Crippen molar-refractivity contribution in [1.82, 2.24) is 5.32 Å². The maximum atomic E-state index is 13.7. The van der Waals surface area contributed by atoms with Crippen molar-refractivity contribution in [3.05, 3.63) is 71.3 Å². The molecule has 0 saturated carbocycles. The first kappa shape index (κ1) is 24.4. The lowest BCUT2D eigenvalue weighted by Gasteiger charge is -2.46. The Bertz CT molecular complexity index is 1040. The van der Waals surface area contributed by atoms with Crippen LogP contribution in [-0.4, -0.2) is 45.4 Å². The van der Waals surface area contributed by atoms with Crippen molar-refractivity contribution in [2.75, 3.05) is 0 Å². The van der Waals surface area contributed by atoms with E-state index in [9.17, 15) is 19.8 Å². The van der Waals surface area contributed by atoms with Gasteiger partial charge in [0.1, 0.15) is 0 Å². The van der Waals surface area contributed by atoms with E-state index in [-0.39, 0.29) is 12.0 Å². The van der Waals surface area contributed by atoms with Crippen LogP contribution in [0.1, 0.15) is 46.1 Å². The van der Waals surface area contributed by atoms with Gasteiger partial charge in [0.05, 0.1) is 23.5 Å². The molecule has 4 rings (SSSR count). The zero-order chi connectivity index (χ0) is 24.7. The van der Waals surface area contributed by atoms with Crippen LogP contribution >= 0.6 is 0 Å². The molecule has 0 bridgehead atoms. The van der Waals surface area contributed by atoms with Crippen molar-refractivity contribution in [2.45, 2.75) is 70.3 Å². The van der Waals surface area contributed by atoms with Crippen LogP contribution in [0.4, 0.5) is 0 Å². The van der Waals surface area contributed by atoms with Crippen molar-refractivity contribution in [1.29, 1.82) is 0 Å². The van der Waals surface area contributed by atoms with Crippen LogP contribution in [0.5, 0.6) is 0 Å². The van der Waals surface area contributed by atoms with Crippen molar-refractivity contribution < 1.29 is 24.5 Å². The molecule has 182 valence electrons. The highest BCUT2D eigenvalue weighted by Crippen LogP contribution is 2.50. The van der Waals surface area contributed by atoms with Crippen molar-refractivity contribution in [3.8, 4) is 0 Å². The second-order valence-electron chi connectivity index (χ2n) is 10.5. The maximum absolute atomic E-state index is 13.7. The van der Waals surface area contributed by atoms with E-state index >= 15 is 0 Å². The molecule has 2 heterocycles. The Kier molecular flexibility index (Phi) is 6.58. The molecule has 0 aromatic heterocycles. The van der Waals surface area contributed by atoms with Gasteiger partial charge in [-0.3, -0.25) is 4.79 Å². The topological polar surface area (TPSA) is 95.9 Å². The van der Waals surface area contributed by atoms with E-state index in [0.717, 1.165) is 16.7 Å². The fraction of sp³-hybridized carbons (Fsp3) is 0.500. The summed E-state index contributed by atoms with van der Waals surface area (Å²) in [6.07, 6.45) is 7.20. The Morgan fingerprint density at radius 1 is 1.15 bits per heavy atom. The Morgan fingerprint density at radius 2 is 1.85 bits per heavy atom. The molecule has 1 saturated heterocycles. The largest absolute Gasteiger partial charge is 0.444 e. The van der Waals surface area contributed by atoms with Gasteiger partial charge in [-0.1, -0.05) is 55.0 Å². The summed E-state index contributed by atoms with van der Waals surface area (Å²) in [6, 6.07) is 9.59. The third kappa shape index (κ3) is 4.37. The van der Waals surface area contributed by atoms with E-state index < -0.39 is 41.0 Å². The van der Waals surface area contributed by atoms with Crippen LogP contribution in [-0.2, 0) is 20.7 Å². The van der Waals surface area contributed by atoms with Gasteiger partial charge in [0.15, 0.2) is 0 Å². The molecule has 1 aliphatic carbocycles. The summed E-state index contributed by atoms with van der Waals surface area (Å²) in [5.41, 5.74) is -0.0129. The minimum atomic E-state index is -1.57. The predicted octanol–water partition coefficient (Wildman–Crippen LogP) is 3.25. The Hall–Kier alpha value is -2.70. The van der Waals surface area contributed by atoms with Gasteiger partial charge < -0.3 is 20.3 Å². The number of hydrogen-bond donors (Lipinski definition) is 3. The molecular weight excluding hydrogens is 430 g/mol. The van der Waals surface area contributed by atoms with Crippen LogP contribution < -0.4 is 5.32 Å². The van der Waals surface area contributed by atoms with Gasteiger partial charge in [-0.2, -0.15) is 0 Å². The first-order chi connectivity index (χ1) is 16.0. The van der Waals surface area contributed by atoms with E-state index in [1.165, 1.54) is 12.2 Å². The molecule has 0 unspecified atom stereocenters. The molecule has 1 amide bonds. The van der Waals surface area contributed by atoms with Crippen LogP contribution in [0.25, 0.3) is 0 Å². The lowest BCUT2D eigenvalue weighted by molar-refractivity contribution is -0.175. The van der Waals surface area contributed by atoms with Crippen LogP contribution in [0, 0.1) is 17.8 Å². The molecule has 34 heavy (non-hydrogen) atoms. The minimum absolute atomic E-state index is 0.139. The van der Waals surface area contributed by atoms with Gasteiger partial charge in [-0.15, -0.1) is 0 Å². The second-order valence-corrected chi connectivity index (χ2v) is 10.5. The fourth-order valence-corrected chi connectivity index (χ4v) is 5.99. The minimum Gasteiger partial charge on any atom is -0.444 e. The Balaban J connectivity index is 1.83. The Labute approximate surface area is 201 Å². The first-order valence-corrected chi connectivity index (χ1v) is 12.1. The molecule has 1 aromatic rings. The maximum Gasteiger partial charge on any atom is 0.331 e. The molecule has 1 fully saturated rings. The third-order valence-corrected chi connectivity index (χ3v) is 7.69. The summed E-state index contributed by atoms with van der Waals surface area (Å²) in [5.74, 6) is -2.10. The number of carbonyl (C=O) groups excluding carboxylic acids is 2. The van der Waals surface area contributed by atoms with Crippen molar-refractivity contribution in [2.24, 2.45) is 17.8 Å². The molecule has 2 aliphatic heterocycles. The average molecular weight is 466 g/mol. The molecule has 6 nitrogen and oxygen atoms in total. The van der Waals surface area contributed by atoms with E-state index in [0.29, 0.717) is 19.3 Å². The molecular formula is C28H35NO5. The zero-order valence-corrected chi connectivity index (χ0v) is 20.3. The third-order valence-electron chi connectivity index (χ3n) is 7.69. The molecule has 1 aromatic carbocycles. The van der Waals surface area contributed by atoms with E-state index in [1.54, 1.807) is 6.92 Å². The fourth-order valence-electron chi connectivity index (χ4n) is 5.99. The summed E-state index contributed by atoms with van der Waals surface area (Å²) < 4.78 is 6.03. The summed E-state index contributed by atoms with van der Waals surface area (Å²) in [5, 5.41) is 25.1. The van der Waals surface area contributed by atoms with Gasteiger partial charge in [-0.25, -0.2) is 4.79 Å². The number of ether oxygens (including phenoxy) is 1. The molecule has 0 radical (unpaired) electrons. The van der Waals surface area contributed by atoms with E-state index in [2.05, 4.69) is 5.32 Å². The van der Waals surface area contributed by atoms with Gasteiger partial charge in [0.25, 0.3) is 5.91 Å². The highest BCUT2D eigenvalue weighted by Gasteiger charge is 2.66. The van der Waals surface area contributed by atoms with Gasteiger partial charge in [-0.05, 0) is 63.2 Å². The zero-order valence-electron chi connectivity index (χ0n) is 20.3. The van der Waals surface area contributed by atoms with E-state index in [1.807, 2.05) is 63.3 Å². The number of aliphatic hydroxyl groups is 2. The molecule has 6 heteroatoms. The quantitative estimate of drug-likeness (QED) is 0.460. The number of allylic oxidation sites excluding steroid dienone is 1. The number of carbonyl (C=O) groups is 2. The van der Waals surface area contributed by atoms with E-state index in [4.69, 9.17) is 4.74 Å². The monoisotopic (exact) mass is 465 g/mol. The SMILES string of the molecule is CC1=C(C)[C@H]2[C@H](Cc3ccccc3)NC(=O)[C@]23OC(=O)/C=C\[C@@](C)(O)C[C@@H](C)C/C=C\[C@H]3[C@@H]1O. The van der Waals surface area contributed by atoms with Crippen LogP contribution in [0.15, 0.2) is 65.8 Å². The first-order valence-electron chi connectivity index (χ1n) is 12.1. The van der Waals surface area contributed by atoms with Crippen molar-refractivity contribution >= 4 is 11.9 Å². The van der Waals surface area contributed by atoms with Gasteiger partial charge >= 0.3 is 5.97 Å². The number of aliphatic hydroxyl groups excluding tert-OH is 1. The standard InChI is InChI=1S/C28H35NO5/c1-17-9-8-12-21-25(31)19(3)18(2)24-22(15-20-10-6-5-7-11-20)29-26(32)28(21,24)34-23(30)13-14-27(4,33)16-17/h5-8,10-14,17,21-22,24-25,31,33H,9,15-16H2,1-4H3,(H,29,32)/b12-8-,14-13-/t17-,21-,22-,24-,25+,27+,28+/m0/s1. The lowest BCUT2D eigenvalue weighted by Crippen LogP contribution is -2.59. The highest BCUT2D eigenvalue weighted by molar-refractivity contribution is 5.94. The summed E-state index contributed by atoms with van der Waals surface area (Å²) in [4.78, 5) is 26.7. The van der Waals surface area contributed by atoms with Crippen LogP contribution in [0.2, 0.25) is 0 Å².